The van der Waals surface area contributed by atoms with Gasteiger partial charge < -0.3 is 19.8 Å². The minimum Gasteiger partial charge on any atom is -0.493 e. The van der Waals surface area contributed by atoms with E-state index in [1.165, 1.54) is 0 Å². The van der Waals surface area contributed by atoms with Gasteiger partial charge in [-0.3, -0.25) is 0 Å². The van der Waals surface area contributed by atoms with Crippen molar-refractivity contribution in [3.8, 4) is 11.5 Å². The Morgan fingerprint density at radius 1 is 0.968 bits per heavy atom. The van der Waals surface area contributed by atoms with Gasteiger partial charge in [-0.25, -0.2) is 4.98 Å². The topological polar surface area (TPSA) is 59.2 Å². The number of aromatic amines is 1. The number of nitrogens with zero attached hydrogens (tertiary/aromatic N) is 1. The van der Waals surface area contributed by atoms with Crippen LogP contribution in [-0.4, -0.2) is 17.1 Å². The van der Waals surface area contributed by atoms with Gasteiger partial charge in [0.1, 0.15) is 12.4 Å². The molecule has 1 heterocycles. The summed E-state index contributed by atoms with van der Waals surface area (Å²) in [6, 6.07) is 17.1. The van der Waals surface area contributed by atoms with Crippen LogP contribution in [0, 0.1) is 0 Å². The number of hydrogen-bond acceptors (Lipinski definition) is 4. The number of benzene rings is 3. The molecule has 160 valence electrons. The number of aromatic nitrogens is 2. The summed E-state index contributed by atoms with van der Waals surface area (Å²) in [7, 11) is 1.62. The Balaban J connectivity index is 1.52. The van der Waals surface area contributed by atoms with Crippen LogP contribution in [-0.2, 0) is 19.7 Å². The van der Waals surface area contributed by atoms with E-state index in [2.05, 4.69) is 31.2 Å². The van der Waals surface area contributed by atoms with Crippen molar-refractivity contribution in [3.05, 3.63) is 86.1 Å². The summed E-state index contributed by atoms with van der Waals surface area (Å²) in [6.45, 7) is 1.34. The smallest absolute Gasteiger partial charge is 0.167 e. The molecular weight excluding hydrogens is 501 g/mol. The molecule has 0 bridgehead atoms. The second kappa shape index (κ2) is 9.92. The van der Waals surface area contributed by atoms with Crippen LogP contribution in [0.25, 0.3) is 11.0 Å². The van der Waals surface area contributed by atoms with Gasteiger partial charge in [0.25, 0.3) is 0 Å². The highest BCUT2D eigenvalue weighted by Gasteiger charge is 2.16. The number of fused-ring (bicyclic) bond motifs is 1. The van der Waals surface area contributed by atoms with Crippen LogP contribution in [0.3, 0.4) is 0 Å². The first-order valence-electron chi connectivity index (χ1n) is 9.62. The monoisotopic (exact) mass is 519 g/mol. The van der Waals surface area contributed by atoms with Crippen LogP contribution in [0.2, 0.25) is 10.0 Å². The highest BCUT2D eigenvalue weighted by molar-refractivity contribution is 9.10. The number of hydrogen-bond donors (Lipinski definition) is 2. The third kappa shape index (κ3) is 4.99. The number of nitrogens with one attached hydrogen (secondary N) is 2. The minimum absolute atomic E-state index is 0.224. The van der Waals surface area contributed by atoms with E-state index < -0.39 is 0 Å². The van der Waals surface area contributed by atoms with Crippen LogP contribution in [0.4, 0.5) is 0 Å². The van der Waals surface area contributed by atoms with Crippen LogP contribution in [0.1, 0.15) is 17.0 Å². The second-order valence-electron chi connectivity index (χ2n) is 6.85. The number of H-pyrrole nitrogens is 1. The Morgan fingerprint density at radius 2 is 1.74 bits per heavy atom. The summed E-state index contributed by atoms with van der Waals surface area (Å²) in [6.07, 6.45) is 0. The normalized spacial score (nSPS) is 11.1. The van der Waals surface area contributed by atoms with Crippen molar-refractivity contribution >= 4 is 50.2 Å². The molecule has 0 unspecified atom stereocenters. The highest BCUT2D eigenvalue weighted by Crippen LogP contribution is 2.37. The molecule has 0 spiro atoms. The van der Waals surface area contributed by atoms with Crippen molar-refractivity contribution in [2.45, 2.75) is 19.7 Å². The fourth-order valence-electron chi connectivity index (χ4n) is 3.28. The molecule has 0 amide bonds. The van der Waals surface area contributed by atoms with Gasteiger partial charge in [0.15, 0.2) is 11.5 Å². The molecule has 1 aromatic heterocycles. The van der Waals surface area contributed by atoms with E-state index in [9.17, 15) is 0 Å². The molecule has 2 N–H and O–H groups in total. The van der Waals surface area contributed by atoms with Gasteiger partial charge in [0.05, 0.1) is 24.7 Å². The predicted octanol–water partition coefficient (Wildman–Crippen LogP) is 6.51. The van der Waals surface area contributed by atoms with Gasteiger partial charge in [-0.15, -0.1) is 0 Å². The van der Waals surface area contributed by atoms with Crippen molar-refractivity contribution in [3.63, 3.8) is 0 Å². The maximum absolute atomic E-state index is 6.30. The lowest BCUT2D eigenvalue weighted by molar-refractivity contribution is 0.280. The molecule has 4 rings (SSSR count). The molecule has 0 saturated heterocycles. The molecule has 0 atom stereocenters. The first-order valence-corrected chi connectivity index (χ1v) is 11.2. The van der Waals surface area contributed by atoms with Crippen molar-refractivity contribution in [2.24, 2.45) is 0 Å². The fourth-order valence-corrected chi connectivity index (χ4v) is 4.23. The van der Waals surface area contributed by atoms with Crippen molar-refractivity contribution in [1.29, 1.82) is 0 Å². The minimum atomic E-state index is 0.224. The van der Waals surface area contributed by atoms with Gasteiger partial charge in [0, 0.05) is 32.2 Å². The number of ether oxygens (including phenoxy) is 2. The van der Waals surface area contributed by atoms with E-state index in [4.69, 9.17) is 32.7 Å². The van der Waals surface area contributed by atoms with E-state index >= 15 is 0 Å². The van der Waals surface area contributed by atoms with Crippen LogP contribution < -0.4 is 14.8 Å². The van der Waals surface area contributed by atoms with Gasteiger partial charge in [-0.1, -0.05) is 57.3 Å². The van der Waals surface area contributed by atoms with Gasteiger partial charge >= 0.3 is 0 Å². The van der Waals surface area contributed by atoms with Gasteiger partial charge in [-0.2, -0.15) is 0 Å². The van der Waals surface area contributed by atoms with E-state index in [1.54, 1.807) is 25.3 Å². The van der Waals surface area contributed by atoms with E-state index in [0.717, 1.165) is 32.5 Å². The third-order valence-electron chi connectivity index (χ3n) is 4.84. The molecule has 0 fully saturated rings. The quantitative estimate of drug-likeness (QED) is 0.278. The molecule has 0 aliphatic rings. The number of rotatable bonds is 8. The van der Waals surface area contributed by atoms with E-state index in [-0.39, 0.29) is 6.61 Å². The molecular formula is C23H20BrCl2N3O2. The maximum atomic E-state index is 6.30. The first-order chi connectivity index (χ1) is 15.1. The summed E-state index contributed by atoms with van der Waals surface area (Å²) >= 11 is 16.2. The van der Waals surface area contributed by atoms with Crippen LogP contribution >= 0.6 is 39.1 Å². The second-order valence-corrected chi connectivity index (χ2v) is 8.52. The largest absolute Gasteiger partial charge is 0.493 e. The molecule has 0 radical (unpaired) electrons. The highest BCUT2D eigenvalue weighted by atomic mass is 79.9. The zero-order valence-electron chi connectivity index (χ0n) is 16.7. The summed E-state index contributed by atoms with van der Waals surface area (Å²) < 4.78 is 12.6. The zero-order valence-corrected chi connectivity index (χ0v) is 19.8. The Hall–Kier alpha value is -2.25. The summed E-state index contributed by atoms with van der Waals surface area (Å²) in [5, 5.41) is 4.54. The van der Waals surface area contributed by atoms with Crippen LogP contribution in [0.5, 0.6) is 11.5 Å². The Bertz CT molecular complexity index is 1160. The summed E-state index contributed by atoms with van der Waals surface area (Å²) in [4.78, 5) is 7.92. The number of halogens is 3. The lowest BCUT2D eigenvalue weighted by atomic mass is 10.1. The molecule has 5 nitrogen and oxygen atoms in total. The molecule has 3 aromatic carbocycles. The van der Waals surface area contributed by atoms with Crippen LogP contribution in [0.15, 0.2) is 59.1 Å². The van der Waals surface area contributed by atoms with Gasteiger partial charge in [0.2, 0.25) is 0 Å². The summed E-state index contributed by atoms with van der Waals surface area (Å²) in [5.41, 5.74) is 3.62. The molecule has 0 aliphatic heterocycles. The lowest BCUT2D eigenvalue weighted by Gasteiger charge is -2.18. The lowest BCUT2D eigenvalue weighted by Crippen LogP contribution is -2.15. The molecule has 4 aromatic rings. The van der Waals surface area contributed by atoms with Gasteiger partial charge in [-0.05, 0) is 36.4 Å². The SMILES string of the molecule is COc1ccc(Br)c(CNCc2nc3ccccc3[nH]2)c1OCc1c(Cl)cccc1Cl. The van der Waals surface area contributed by atoms with Crippen molar-refractivity contribution in [2.75, 3.05) is 7.11 Å². The summed E-state index contributed by atoms with van der Waals surface area (Å²) in [5.74, 6) is 2.13. The average Bonchev–Trinajstić information content (AvgIpc) is 3.18. The Kier molecular flexibility index (Phi) is 7.02. The van der Waals surface area contributed by atoms with Crippen molar-refractivity contribution in [1.82, 2.24) is 15.3 Å². The third-order valence-corrected chi connectivity index (χ3v) is 6.29. The fraction of sp³-hybridized carbons (Fsp3) is 0.174. The Morgan fingerprint density at radius 3 is 2.48 bits per heavy atom. The van der Waals surface area contributed by atoms with E-state index in [0.29, 0.717) is 34.6 Å². The molecule has 31 heavy (non-hydrogen) atoms. The zero-order chi connectivity index (χ0) is 21.8. The maximum Gasteiger partial charge on any atom is 0.167 e. The Labute approximate surface area is 198 Å². The van der Waals surface area contributed by atoms with Crippen molar-refractivity contribution < 1.29 is 9.47 Å². The number of methoxy groups -OCH3 is 1. The van der Waals surface area contributed by atoms with E-state index in [1.807, 2.05) is 36.4 Å². The number of para-hydroxylation sites is 2. The predicted molar refractivity (Wildman–Crippen MR) is 128 cm³/mol. The molecule has 0 saturated carbocycles. The standard InChI is InChI=1S/C23H20BrCl2N3O2/c1-30-21-10-9-16(24)14(23(21)31-13-15-17(25)5-4-6-18(15)26)11-27-12-22-28-19-7-2-3-8-20(19)29-22/h2-10,27H,11-13H2,1H3,(H,28,29). The molecule has 8 heteroatoms. The molecule has 0 aliphatic carbocycles. The number of imidazole rings is 1. The first kappa shape index (κ1) is 22.0. The average molecular weight is 521 g/mol.